The summed E-state index contributed by atoms with van der Waals surface area (Å²) in [6.45, 7) is 4.99. The quantitative estimate of drug-likeness (QED) is 0.792. The second kappa shape index (κ2) is 4.30. The number of ketones is 1. The first-order chi connectivity index (χ1) is 8.07. The van der Waals surface area contributed by atoms with Gasteiger partial charge in [-0.15, -0.1) is 0 Å². The molecule has 1 N–H and O–H groups in total. The molecule has 2 rings (SSSR count). The van der Waals surface area contributed by atoms with E-state index in [1.807, 2.05) is 33.0 Å². The Morgan fingerprint density at radius 1 is 1.18 bits per heavy atom. The first kappa shape index (κ1) is 11.8. The molecule has 1 aromatic rings. The fourth-order valence-corrected chi connectivity index (χ4v) is 2.20. The Hall–Kier alpha value is -1.68. The number of nitrogens with one attached hydrogen (secondary N) is 1. The molecule has 1 aliphatic rings. The van der Waals surface area contributed by atoms with Gasteiger partial charge in [-0.1, -0.05) is 12.1 Å². The van der Waals surface area contributed by atoms with Gasteiger partial charge in [0.2, 0.25) is 0 Å². The van der Waals surface area contributed by atoms with E-state index >= 15 is 0 Å². The lowest BCUT2D eigenvalue weighted by Crippen LogP contribution is -2.35. The number of likely N-dealkylation sites (N-methyl/N-ethyl adjacent to an activating group) is 1. The molecule has 4 nitrogen and oxygen atoms in total. The molecule has 0 saturated heterocycles. The molecule has 0 bridgehead atoms. The Bertz CT molecular complexity index is 494. The Morgan fingerprint density at radius 3 is 2.47 bits per heavy atom. The van der Waals surface area contributed by atoms with E-state index in [0.29, 0.717) is 18.7 Å². The number of benzene rings is 1. The monoisotopic (exact) mass is 232 g/mol. The van der Waals surface area contributed by atoms with E-state index < -0.39 is 5.91 Å². The normalized spacial score (nSPS) is 14.4. The third-order valence-electron chi connectivity index (χ3n) is 3.11. The molecule has 90 valence electrons. The van der Waals surface area contributed by atoms with Gasteiger partial charge in [-0.2, -0.15) is 0 Å². The van der Waals surface area contributed by atoms with Crippen LogP contribution in [0, 0.1) is 13.8 Å². The van der Waals surface area contributed by atoms with Crippen LogP contribution in [0.25, 0.3) is 0 Å². The van der Waals surface area contributed by atoms with E-state index in [9.17, 15) is 9.59 Å². The number of hydrogen-bond acceptors (Lipinski definition) is 3. The highest BCUT2D eigenvalue weighted by Crippen LogP contribution is 2.34. The van der Waals surface area contributed by atoms with Gasteiger partial charge >= 0.3 is 0 Å². The zero-order valence-corrected chi connectivity index (χ0v) is 10.3. The second-order valence-electron chi connectivity index (χ2n) is 4.31. The molecule has 0 spiro atoms. The molecule has 4 heteroatoms. The summed E-state index contributed by atoms with van der Waals surface area (Å²) in [5, 5.41) is 2.99. The van der Waals surface area contributed by atoms with Crippen LogP contribution in [-0.4, -0.2) is 31.8 Å². The predicted molar refractivity (Wildman–Crippen MR) is 66.5 cm³/mol. The van der Waals surface area contributed by atoms with Gasteiger partial charge < -0.3 is 10.2 Å². The SMILES string of the molecule is CNCCN1C(=O)C(=O)c2c(C)ccc(C)c21. The van der Waals surface area contributed by atoms with E-state index in [1.54, 1.807) is 4.90 Å². The molecule has 0 radical (unpaired) electrons. The van der Waals surface area contributed by atoms with Crippen molar-refractivity contribution in [2.45, 2.75) is 13.8 Å². The minimum atomic E-state index is -0.410. The molecular formula is C13H16N2O2. The highest BCUT2D eigenvalue weighted by atomic mass is 16.2. The number of carbonyl (C=O) groups is 2. The Labute approximate surface area is 101 Å². The van der Waals surface area contributed by atoms with Gasteiger partial charge in [0, 0.05) is 13.1 Å². The minimum absolute atomic E-state index is 0.377. The van der Waals surface area contributed by atoms with Crippen LogP contribution in [0.4, 0.5) is 5.69 Å². The summed E-state index contributed by atoms with van der Waals surface area (Å²) in [5.41, 5.74) is 3.21. The van der Waals surface area contributed by atoms with Gasteiger partial charge in [0.25, 0.3) is 11.7 Å². The Balaban J connectivity index is 2.52. The summed E-state index contributed by atoms with van der Waals surface area (Å²) in [4.78, 5) is 25.4. The Kier molecular flexibility index (Phi) is 2.98. The number of fused-ring (bicyclic) bond motifs is 1. The molecule has 0 fully saturated rings. The minimum Gasteiger partial charge on any atom is -0.318 e. The second-order valence-corrected chi connectivity index (χ2v) is 4.31. The molecule has 0 atom stereocenters. The maximum absolute atomic E-state index is 11.9. The highest BCUT2D eigenvalue weighted by molar-refractivity contribution is 6.52. The van der Waals surface area contributed by atoms with Crippen molar-refractivity contribution in [3.63, 3.8) is 0 Å². The molecule has 1 aliphatic heterocycles. The number of rotatable bonds is 3. The van der Waals surface area contributed by atoms with Crippen molar-refractivity contribution in [3.05, 3.63) is 28.8 Å². The van der Waals surface area contributed by atoms with Crippen LogP contribution in [0.2, 0.25) is 0 Å². The fraction of sp³-hybridized carbons (Fsp3) is 0.385. The summed E-state index contributed by atoms with van der Waals surface area (Å²) < 4.78 is 0. The van der Waals surface area contributed by atoms with Crippen LogP contribution in [0.1, 0.15) is 21.5 Å². The van der Waals surface area contributed by atoms with E-state index in [2.05, 4.69) is 5.32 Å². The lowest BCUT2D eigenvalue weighted by Gasteiger charge is -2.18. The first-order valence-electron chi connectivity index (χ1n) is 5.69. The highest BCUT2D eigenvalue weighted by Gasteiger charge is 2.37. The zero-order valence-electron chi connectivity index (χ0n) is 10.3. The summed E-state index contributed by atoms with van der Waals surface area (Å²) in [6, 6.07) is 3.84. The molecule has 0 aliphatic carbocycles. The average molecular weight is 232 g/mol. The zero-order chi connectivity index (χ0) is 12.6. The van der Waals surface area contributed by atoms with E-state index in [4.69, 9.17) is 0 Å². The van der Waals surface area contributed by atoms with Crippen LogP contribution >= 0.6 is 0 Å². The van der Waals surface area contributed by atoms with Crippen molar-refractivity contribution in [2.24, 2.45) is 0 Å². The molecule has 1 amide bonds. The van der Waals surface area contributed by atoms with Gasteiger partial charge in [-0.3, -0.25) is 9.59 Å². The van der Waals surface area contributed by atoms with Gasteiger partial charge in [0.05, 0.1) is 11.3 Å². The number of hydrogen-bond donors (Lipinski definition) is 1. The molecular weight excluding hydrogens is 216 g/mol. The van der Waals surface area contributed by atoms with E-state index in [1.165, 1.54) is 0 Å². The van der Waals surface area contributed by atoms with Crippen LogP contribution in [0.5, 0.6) is 0 Å². The number of carbonyl (C=O) groups excluding carboxylic acids is 2. The van der Waals surface area contributed by atoms with E-state index in [-0.39, 0.29) is 5.78 Å². The lowest BCUT2D eigenvalue weighted by molar-refractivity contribution is -0.114. The van der Waals surface area contributed by atoms with Crippen molar-refractivity contribution < 1.29 is 9.59 Å². The van der Waals surface area contributed by atoms with Crippen molar-refractivity contribution in [1.29, 1.82) is 0 Å². The number of amides is 1. The maximum atomic E-state index is 11.9. The maximum Gasteiger partial charge on any atom is 0.299 e. The molecule has 1 heterocycles. The van der Waals surface area contributed by atoms with Gasteiger partial charge in [0.15, 0.2) is 0 Å². The largest absolute Gasteiger partial charge is 0.318 e. The first-order valence-corrected chi connectivity index (χ1v) is 5.69. The van der Waals surface area contributed by atoms with Crippen LogP contribution < -0.4 is 10.2 Å². The van der Waals surface area contributed by atoms with Crippen molar-refractivity contribution in [1.82, 2.24) is 5.32 Å². The van der Waals surface area contributed by atoms with Crippen LogP contribution in [0.15, 0.2) is 12.1 Å². The number of anilines is 1. The van der Waals surface area contributed by atoms with Gasteiger partial charge in [-0.05, 0) is 32.0 Å². The predicted octanol–water partition coefficient (Wildman–Crippen LogP) is 1.05. The summed E-state index contributed by atoms with van der Waals surface area (Å²) in [7, 11) is 1.83. The number of Topliss-reactive ketones (excluding diaryl/α,β-unsaturated/α-hetero) is 1. The molecule has 0 aromatic heterocycles. The van der Waals surface area contributed by atoms with Crippen molar-refractivity contribution in [3.8, 4) is 0 Å². The standard InChI is InChI=1S/C13H16N2O2/c1-8-4-5-9(2)11-10(8)12(16)13(17)15(11)7-6-14-3/h4-5,14H,6-7H2,1-3H3. The van der Waals surface area contributed by atoms with Crippen LogP contribution in [-0.2, 0) is 4.79 Å². The number of aryl methyl sites for hydroxylation is 2. The van der Waals surface area contributed by atoms with Crippen molar-refractivity contribution in [2.75, 3.05) is 25.0 Å². The molecule has 0 saturated carbocycles. The van der Waals surface area contributed by atoms with Crippen LogP contribution in [0.3, 0.4) is 0 Å². The lowest BCUT2D eigenvalue weighted by atomic mass is 10.0. The van der Waals surface area contributed by atoms with Gasteiger partial charge in [-0.25, -0.2) is 0 Å². The fourth-order valence-electron chi connectivity index (χ4n) is 2.20. The van der Waals surface area contributed by atoms with Gasteiger partial charge in [0.1, 0.15) is 0 Å². The Morgan fingerprint density at radius 2 is 1.82 bits per heavy atom. The average Bonchev–Trinajstić information content (AvgIpc) is 2.56. The topological polar surface area (TPSA) is 49.4 Å². The third kappa shape index (κ3) is 1.74. The van der Waals surface area contributed by atoms with Crippen molar-refractivity contribution >= 4 is 17.4 Å². The van der Waals surface area contributed by atoms with E-state index in [0.717, 1.165) is 16.8 Å². The summed E-state index contributed by atoms with van der Waals surface area (Å²) >= 11 is 0. The summed E-state index contributed by atoms with van der Waals surface area (Å²) in [5.74, 6) is -0.787. The molecule has 0 unspecified atom stereocenters. The third-order valence-corrected chi connectivity index (χ3v) is 3.11. The number of nitrogens with zero attached hydrogens (tertiary/aromatic N) is 1. The smallest absolute Gasteiger partial charge is 0.299 e. The molecule has 17 heavy (non-hydrogen) atoms. The summed E-state index contributed by atoms with van der Waals surface area (Å²) in [6.07, 6.45) is 0. The molecule has 1 aromatic carbocycles.